The summed E-state index contributed by atoms with van der Waals surface area (Å²) >= 11 is 5.89. The van der Waals surface area contributed by atoms with Crippen LogP contribution in [0.2, 0.25) is 5.02 Å². The summed E-state index contributed by atoms with van der Waals surface area (Å²) in [5.41, 5.74) is 1.48. The molecule has 1 aliphatic heterocycles. The van der Waals surface area contributed by atoms with Gasteiger partial charge in [0.1, 0.15) is 5.69 Å². The maximum absolute atomic E-state index is 12.0. The molecule has 8 heteroatoms. The lowest BCUT2D eigenvalue weighted by atomic mass is 10.1. The lowest BCUT2D eigenvalue weighted by Gasteiger charge is -2.01. The summed E-state index contributed by atoms with van der Waals surface area (Å²) in [6.45, 7) is 1.84. The van der Waals surface area contributed by atoms with Gasteiger partial charge in [-0.1, -0.05) is 30.7 Å². The van der Waals surface area contributed by atoms with Crippen LogP contribution in [0, 0.1) is 10.1 Å². The van der Waals surface area contributed by atoms with Crippen molar-refractivity contribution in [2.24, 2.45) is 4.99 Å². The molecular weight excluding hydrogens is 346 g/mol. The van der Waals surface area contributed by atoms with Gasteiger partial charge in [-0.3, -0.25) is 15.1 Å². The summed E-state index contributed by atoms with van der Waals surface area (Å²) in [6.07, 6.45) is 3.45. The summed E-state index contributed by atoms with van der Waals surface area (Å²) in [4.78, 5) is 30.8. The van der Waals surface area contributed by atoms with Gasteiger partial charge >= 0.3 is 5.97 Å². The topological polar surface area (TPSA) is 94.7 Å². The van der Waals surface area contributed by atoms with Crippen molar-refractivity contribution in [3.63, 3.8) is 0 Å². The first-order valence-corrected chi connectivity index (χ1v) is 7.77. The third kappa shape index (κ3) is 3.56. The van der Waals surface area contributed by atoms with Crippen LogP contribution in [0.4, 0.5) is 5.69 Å². The summed E-state index contributed by atoms with van der Waals surface area (Å²) in [5, 5.41) is 11.6. The second kappa shape index (κ2) is 6.82. The molecule has 0 aliphatic carbocycles. The van der Waals surface area contributed by atoms with Crippen molar-refractivity contribution in [1.29, 1.82) is 0 Å². The molecule has 1 aliphatic rings. The Balaban J connectivity index is 1.97. The monoisotopic (exact) mass is 357 g/mol. The number of pyridine rings is 1. The van der Waals surface area contributed by atoms with E-state index < -0.39 is 10.9 Å². The van der Waals surface area contributed by atoms with Gasteiger partial charge in [-0.15, -0.1) is 0 Å². The average Bonchev–Trinajstić information content (AvgIpc) is 2.95. The molecule has 0 amide bonds. The van der Waals surface area contributed by atoms with E-state index in [2.05, 4.69) is 9.98 Å². The Morgan fingerprint density at radius 1 is 1.32 bits per heavy atom. The Morgan fingerprint density at radius 3 is 2.80 bits per heavy atom. The van der Waals surface area contributed by atoms with Crippen LogP contribution in [-0.4, -0.2) is 21.8 Å². The van der Waals surface area contributed by atoms with E-state index in [0.29, 0.717) is 28.3 Å². The number of cyclic esters (lactones) is 1. The first-order chi connectivity index (χ1) is 12.0. The number of esters is 1. The number of nitro groups is 1. The maximum atomic E-state index is 12.0. The first-order valence-electron chi connectivity index (χ1n) is 7.39. The number of hydrogen-bond donors (Lipinski definition) is 0. The molecule has 0 spiro atoms. The highest BCUT2D eigenvalue weighted by molar-refractivity contribution is 6.31. The minimum atomic E-state index is -0.654. The molecule has 0 saturated heterocycles. The molecule has 25 heavy (non-hydrogen) atoms. The van der Waals surface area contributed by atoms with E-state index in [-0.39, 0.29) is 17.3 Å². The molecule has 0 bridgehead atoms. The molecule has 1 aromatic heterocycles. The number of rotatable bonds is 4. The van der Waals surface area contributed by atoms with E-state index >= 15 is 0 Å². The number of aryl methyl sites for hydroxylation is 1. The third-order valence-electron chi connectivity index (χ3n) is 3.55. The highest BCUT2D eigenvalue weighted by atomic mass is 35.5. The van der Waals surface area contributed by atoms with Gasteiger partial charge in [-0.05, 0) is 30.2 Å². The molecule has 1 aromatic carbocycles. The molecule has 0 atom stereocenters. The molecule has 0 saturated carbocycles. The highest BCUT2D eigenvalue weighted by Crippen LogP contribution is 2.24. The zero-order chi connectivity index (χ0) is 18.0. The number of benzene rings is 1. The van der Waals surface area contributed by atoms with Crippen molar-refractivity contribution < 1.29 is 14.5 Å². The minimum Gasteiger partial charge on any atom is -0.400 e. The summed E-state index contributed by atoms with van der Waals surface area (Å²) < 4.78 is 5.10. The van der Waals surface area contributed by atoms with Gasteiger partial charge in [0.2, 0.25) is 5.90 Å². The maximum Gasteiger partial charge on any atom is 0.363 e. The summed E-state index contributed by atoms with van der Waals surface area (Å²) in [5.74, 6) is -0.613. The zero-order valence-electron chi connectivity index (χ0n) is 13.1. The molecule has 7 nitrogen and oxygen atoms in total. The molecule has 2 heterocycles. The minimum absolute atomic E-state index is 0.00363. The average molecular weight is 358 g/mol. The molecule has 0 radical (unpaired) electrons. The number of aromatic nitrogens is 1. The normalized spacial score (nSPS) is 15.2. The Bertz CT molecular complexity index is 937. The Hall–Kier alpha value is -3.06. The largest absolute Gasteiger partial charge is 0.400 e. The molecule has 0 N–H and O–H groups in total. The third-order valence-corrected chi connectivity index (χ3v) is 3.79. The van der Waals surface area contributed by atoms with Gasteiger partial charge < -0.3 is 4.74 Å². The van der Waals surface area contributed by atoms with Crippen LogP contribution >= 0.6 is 11.6 Å². The zero-order valence-corrected chi connectivity index (χ0v) is 13.9. The Labute approximate surface area is 147 Å². The molecule has 0 unspecified atom stereocenters. The fraction of sp³-hybridized carbons (Fsp3) is 0.118. The number of halogens is 1. The predicted molar refractivity (Wildman–Crippen MR) is 92.3 cm³/mol. The number of nitro benzene ring substituents is 1. The summed E-state index contributed by atoms with van der Waals surface area (Å²) in [7, 11) is 0. The van der Waals surface area contributed by atoms with Crippen LogP contribution < -0.4 is 0 Å². The SMILES string of the molecule is CCc1ccc(/C=C2\N=C(c3cc(Cl)ccn3)OC2=O)cc1[N+](=O)[O-]. The van der Waals surface area contributed by atoms with Crippen LogP contribution in [0.1, 0.15) is 23.7 Å². The second-order valence-electron chi connectivity index (χ2n) is 5.19. The van der Waals surface area contributed by atoms with E-state index in [1.165, 1.54) is 24.4 Å². The molecule has 2 aromatic rings. The predicted octanol–water partition coefficient (Wildman–Crippen LogP) is 3.55. The number of hydrogen-bond acceptors (Lipinski definition) is 6. The number of nitrogens with zero attached hydrogens (tertiary/aromatic N) is 3. The van der Waals surface area contributed by atoms with Gasteiger partial charge in [0.05, 0.1) is 4.92 Å². The quantitative estimate of drug-likeness (QED) is 0.361. The van der Waals surface area contributed by atoms with Crippen molar-refractivity contribution in [2.45, 2.75) is 13.3 Å². The van der Waals surface area contributed by atoms with Crippen LogP contribution in [0.25, 0.3) is 6.08 Å². The van der Waals surface area contributed by atoms with Gasteiger partial charge in [0.25, 0.3) is 5.69 Å². The molecule has 3 rings (SSSR count). The van der Waals surface area contributed by atoms with Crippen LogP contribution in [-0.2, 0) is 16.0 Å². The van der Waals surface area contributed by atoms with E-state index in [0.717, 1.165) is 0 Å². The van der Waals surface area contributed by atoms with Crippen LogP contribution in [0.3, 0.4) is 0 Å². The van der Waals surface area contributed by atoms with Crippen molar-refractivity contribution in [2.75, 3.05) is 0 Å². The first kappa shape index (κ1) is 16.8. The highest BCUT2D eigenvalue weighted by Gasteiger charge is 2.25. The van der Waals surface area contributed by atoms with Crippen molar-refractivity contribution >= 4 is 35.2 Å². The number of carbonyl (C=O) groups is 1. The van der Waals surface area contributed by atoms with Crippen molar-refractivity contribution in [3.8, 4) is 0 Å². The van der Waals surface area contributed by atoms with Crippen molar-refractivity contribution in [3.05, 3.63) is 74.2 Å². The summed E-state index contributed by atoms with van der Waals surface area (Å²) in [6, 6.07) is 7.88. The van der Waals surface area contributed by atoms with E-state index in [9.17, 15) is 14.9 Å². The molecular formula is C17H12ClN3O4. The fourth-order valence-electron chi connectivity index (χ4n) is 2.34. The molecule has 0 fully saturated rings. The lowest BCUT2D eigenvalue weighted by molar-refractivity contribution is -0.385. The van der Waals surface area contributed by atoms with Crippen LogP contribution in [0.5, 0.6) is 0 Å². The van der Waals surface area contributed by atoms with Gasteiger partial charge in [0.15, 0.2) is 5.70 Å². The number of aliphatic imine (C=N–C) groups is 1. The fourth-order valence-corrected chi connectivity index (χ4v) is 2.50. The second-order valence-corrected chi connectivity index (χ2v) is 5.63. The Kier molecular flexibility index (Phi) is 4.58. The van der Waals surface area contributed by atoms with E-state index in [1.807, 2.05) is 6.92 Å². The molecule has 126 valence electrons. The van der Waals surface area contributed by atoms with Gasteiger partial charge in [-0.25, -0.2) is 9.79 Å². The number of carbonyl (C=O) groups excluding carboxylic acids is 1. The van der Waals surface area contributed by atoms with Crippen LogP contribution in [0.15, 0.2) is 47.2 Å². The van der Waals surface area contributed by atoms with Crippen molar-refractivity contribution in [1.82, 2.24) is 4.98 Å². The standard InChI is InChI=1S/C17H12ClN3O4/c1-2-11-4-3-10(8-15(11)21(23)24)7-14-17(22)25-16(20-14)13-9-12(18)5-6-19-13/h3-9H,2H2,1H3/b14-7-. The smallest absolute Gasteiger partial charge is 0.363 e. The van der Waals surface area contributed by atoms with E-state index in [1.54, 1.807) is 18.2 Å². The lowest BCUT2D eigenvalue weighted by Crippen LogP contribution is -2.07. The van der Waals surface area contributed by atoms with Gasteiger partial charge in [0, 0.05) is 22.8 Å². The Morgan fingerprint density at radius 2 is 2.12 bits per heavy atom. The number of ether oxygens (including phenoxy) is 1. The van der Waals surface area contributed by atoms with E-state index in [4.69, 9.17) is 16.3 Å². The van der Waals surface area contributed by atoms with Gasteiger partial charge in [-0.2, -0.15) is 0 Å².